The van der Waals surface area contributed by atoms with Crippen molar-refractivity contribution in [3.63, 3.8) is 0 Å². The summed E-state index contributed by atoms with van der Waals surface area (Å²) in [6.07, 6.45) is 1.57. The fourth-order valence-corrected chi connectivity index (χ4v) is 2.53. The van der Waals surface area contributed by atoms with Crippen LogP contribution in [0.5, 0.6) is 11.6 Å². The molecule has 3 nitrogen and oxygen atoms in total. The van der Waals surface area contributed by atoms with E-state index in [4.69, 9.17) is 27.9 Å². The van der Waals surface area contributed by atoms with Gasteiger partial charge in [-0.25, -0.2) is 9.37 Å². The Morgan fingerprint density at radius 1 is 1.29 bits per heavy atom. The van der Waals surface area contributed by atoms with Crippen molar-refractivity contribution < 1.29 is 9.13 Å². The second-order valence-electron chi connectivity index (χ2n) is 4.41. The zero-order valence-electron chi connectivity index (χ0n) is 11.4. The summed E-state index contributed by atoms with van der Waals surface area (Å²) in [4.78, 5) is 8.50. The maximum absolute atomic E-state index is 13.6. The second kappa shape index (κ2) is 6.90. The predicted octanol–water partition coefficient (Wildman–Crippen LogP) is 5.74. The van der Waals surface area contributed by atoms with Gasteiger partial charge in [-0.2, -0.15) is 4.98 Å². The Morgan fingerprint density at radius 2 is 2.00 bits per heavy atom. The lowest BCUT2D eigenvalue weighted by molar-refractivity contribution is 0.447. The Kier molecular flexibility index (Phi) is 5.41. The van der Waals surface area contributed by atoms with Crippen LogP contribution in [0.15, 0.2) is 16.6 Å². The number of rotatable bonds is 4. The van der Waals surface area contributed by atoms with Crippen LogP contribution in [0.4, 0.5) is 4.39 Å². The molecule has 7 heteroatoms. The lowest BCUT2D eigenvalue weighted by Crippen LogP contribution is -2.01. The highest BCUT2D eigenvalue weighted by atomic mass is 79.9. The Labute approximate surface area is 140 Å². The molecule has 1 aromatic carbocycles. The first-order chi connectivity index (χ1) is 9.92. The first-order valence-corrected chi connectivity index (χ1v) is 7.82. The van der Waals surface area contributed by atoms with Gasteiger partial charge in [0.05, 0.1) is 9.50 Å². The summed E-state index contributed by atoms with van der Waals surface area (Å²) >= 11 is 15.1. The van der Waals surface area contributed by atoms with Gasteiger partial charge in [-0.3, -0.25) is 0 Å². The number of nitrogens with zero attached hydrogens (tertiary/aromatic N) is 2. The van der Waals surface area contributed by atoms with Crippen LogP contribution in [-0.2, 0) is 6.42 Å². The second-order valence-corrected chi connectivity index (χ2v) is 6.03. The molecule has 1 aromatic heterocycles. The van der Waals surface area contributed by atoms with Crippen LogP contribution in [0.25, 0.3) is 0 Å². The van der Waals surface area contributed by atoms with Gasteiger partial charge in [-0.15, -0.1) is 0 Å². The lowest BCUT2D eigenvalue weighted by Gasteiger charge is -2.12. The van der Waals surface area contributed by atoms with Crippen molar-refractivity contribution in [3.8, 4) is 11.6 Å². The largest absolute Gasteiger partial charge is 0.437 e. The Bertz CT molecular complexity index is 683. The minimum atomic E-state index is -0.568. The van der Waals surface area contributed by atoms with Crippen molar-refractivity contribution in [2.75, 3.05) is 0 Å². The molecular formula is C14H12BrCl2FN2O. The minimum Gasteiger partial charge on any atom is -0.437 e. The molecule has 0 aliphatic heterocycles. The number of aromatic nitrogens is 2. The van der Waals surface area contributed by atoms with E-state index in [9.17, 15) is 4.39 Å². The zero-order chi connectivity index (χ0) is 15.6. The number of halogens is 4. The molecule has 2 aromatic rings. The first kappa shape index (κ1) is 16.5. The van der Waals surface area contributed by atoms with Crippen molar-refractivity contribution in [2.45, 2.75) is 26.7 Å². The van der Waals surface area contributed by atoms with Gasteiger partial charge in [0.2, 0.25) is 5.88 Å². The summed E-state index contributed by atoms with van der Waals surface area (Å²) in [5.74, 6) is 0.605. The maximum atomic E-state index is 13.6. The van der Waals surface area contributed by atoms with Crippen LogP contribution in [0, 0.1) is 12.7 Å². The van der Waals surface area contributed by atoms with Crippen molar-refractivity contribution >= 4 is 39.1 Å². The fraction of sp³-hybridized carbons (Fsp3) is 0.286. The third kappa shape index (κ3) is 3.84. The average molecular weight is 394 g/mol. The van der Waals surface area contributed by atoms with Crippen molar-refractivity contribution in [2.24, 2.45) is 0 Å². The SMILES string of the molecule is CCCc1nc(Cl)c(C)c(Oc2cc(F)c(Cl)cc2Br)n1. The van der Waals surface area contributed by atoms with Gasteiger partial charge in [0, 0.05) is 18.1 Å². The van der Waals surface area contributed by atoms with E-state index in [2.05, 4.69) is 25.9 Å². The fourth-order valence-electron chi connectivity index (χ4n) is 1.63. The molecule has 0 aliphatic carbocycles. The Hall–Kier alpha value is -0.910. The summed E-state index contributed by atoms with van der Waals surface area (Å²) < 4.78 is 19.7. The van der Waals surface area contributed by atoms with E-state index in [1.165, 1.54) is 12.1 Å². The predicted molar refractivity (Wildman–Crippen MR) is 85.0 cm³/mol. The number of benzene rings is 1. The van der Waals surface area contributed by atoms with Gasteiger partial charge in [0.1, 0.15) is 22.5 Å². The van der Waals surface area contributed by atoms with Crippen LogP contribution >= 0.6 is 39.1 Å². The van der Waals surface area contributed by atoms with Gasteiger partial charge < -0.3 is 4.74 Å². The molecule has 0 amide bonds. The molecule has 1 heterocycles. The monoisotopic (exact) mass is 392 g/mol. The lowest BCUT2D eigenvalue weighted by atomic mass is 10.3. The molecule has 21 heavy (non-hydrogen) atoms. The van der Waals surface area contributed by atoms with Crippen molar-refractivity contribution in [1.82, 2.24) is 9.97 Å². The van der Waals surface area contributed by atoms with E-state index in [0.29, 0.717) is 33.3 Å². The van der Waals surface area contributed by atoms with Gasteiger partial charge in [-0.1, -0.05) is 30.1 Å². The standard InChI is InChI=1S/C14H12BrCl2FN2O/c1-3-4-12-19-13(17)7(2)14(20-12)21-11-6-10(18)9(16)5-8(11)15/h5-6H,3-4H2,1-2H3. The minimum absolute atomic E-state index is 0.0124. The van der Waals surface area contributed by atoms with Crippen LogP contribution in [0.3, 0.4) is 0 Å². The molecule has 0 radical (unpaired) electrons. The van der Waals surface area contributed by atoms with Gasteiger partial charge >= 0.3 is 0 Å². The molecule has 0 spiro atoms. The van der Waals surface area contributed by atoms with E-state index >= 15 is 0 Å². The third-order valence-electron chi connectivity index (χ3n) is 2.74. The molecule has 0 saturated heterocycles. The number of aryl methyl sites for hydroxylation is 1. The van der Waals surface area contributed by atoms with Crippen molar-refractivity contribution in [1.29, 1.82) is 0 Å². The normalized spacial score (nSPS) is 10.8. The molecule has 0 atom stereocenters. The summed E-state index contributed by atoms with van der Waals surface area (Å²) in [7, 11) is 0. The molecular weight excluding hydrogens is 382 g/mol. The summed E-state index contributed by atoms with van der Waals surface area (Å²) in [5, 5.41) is 0.340. The molecule has 0 saturated carbocycles. The molecule has 0 fully saturated rings. The molecule has 2 rings (SSSR count). The highest BCUT2D eigenvalue weighted by Crippen LogP contribution is 2.35. The quantitative estimate of drug-likeness (QED) is 0.490. The van der Waals surface area contributed by atoms with Gasteiger partial charge in [0.15, 0.2) is 0 Å². The van der Waals surface area contributed by atoms with E-state index in [0.717, 1.165) is 6.42 Å². The first-order valence-electron chi connectivity index (χ1n) is 6.27. The zero-order valence-corrected chi connectivity index (χ0v) is 14.5. The summed E-state index contributed by atoms with van der Waals surface area (Å²) in [5.41, 5.74) is 0.596. The highest BCUT2D eigenvalue weighted by molar-refractivity contribution is 9.10. The van der Waals surface area contributed by atoms with Crippen LogP contribution < -0.4 is 4.74 Å². The molecule has 0 bridgehead atoms. The summed E-state index contributed by atoms with van der Waals surface area (Å²) in [6.45, 7) is 3.76. The topological polar surface area (TPSA) is 35.0 Å². The molecule has 0 unspecified atom stereocenters. The average Bonchev–Trinajstić information content (AvgIpc) is 2.42. The summed E-state index contributed by atoms with van der Waals surface area (Å²) in [6, 6.07) is 2.62. The molecule has 112 valence electrons. The van der Waals surface area contributed by atoms with Crippen LogP contribution in [0.1, 0.15) is 24.7 Å². The van der Waals surface area contributed by atoms with E-state index in [1.54, 1.807) is 6.92 Å². The third-order valence-corrected chi connectivity index (χ3v) is 4.02. The molecule has 0 N–H and O–H groups in total. The van der Waals surface area contributed by atoms with Gasteiger partial charge in [0.25, 0.3) is 0 Å². The van der Waals surface area contributed by atoms with E-state index in [1.807, 2.05) is 6.92 Å². The Morgan fingerprint density at radius 3 is 2.67 bits per heavy atom. The van der Waals surface area contributed by atoms with Crippen LogP contribution in [-0.4, -0.2) is 9.97 Å². The number of hydrogen-bond acceptors (Lipinski definition) is 3. The number of ether oxygens (including phenoxy) is 1. The maximum Gasteiger partial charge on any atom is 0.227 e. The number of hydrogen-bond donors (Lipinski definition) is 0. The van der Waals surface area contributed by atoms with Crippen LogP contribution in [0.2, 0.25) is 10.2 Å². The molecule has 0 aliphatic rings. The van der Waals surface area contributed by atoms with Gasteiger partial charge in [-0.05, 0) is 35.3 Å². The Balaban J connectivity index is 2.41. The highest BCUT2D eigenvalue weighted by Gasteiger charge is 2.14. The van der Waals surface area contributed by atoms with E-state index in [-0.39, 0.29) is 10.8 Å². The smallest absolute Gasteiger partial charge is 0.227 e. The van der Waals surface area contributed by atoms with Crippen molar-refractivity contribution in [3.05, 3.63) is 44.0 Å². The van der Waals surface area contributed by atoms with E-state index < -0.39 is 5.82 Å².